The van der Waals surface area contributed by atoms with Crippen molar-refractivity contribution in [1.82, 2.24) is 20.3 Å². The molecule has 3 saturated heterocycles. The number of hydrogen-bond donors (Lipinski definition) is 2. The number of anilines is 2. The molecule has 0 spiro atoms. The van der Waals surface area contributed by atoms with E-state index in [4.69, 9.17) is 15.5 Å². The number of nitrogens with zero attached hydrogens (tertiary/aromatic N) is 5. The Morgan fingerprint density at radius 1 is 1.03 bits per heavy atom. The van der Waals surface area contributed by atoms with E-state index in [0.29, 0.717) is 19.1 Å². The molecular weight excluding hydrogens is 719 g/mol. The van der Waals surface area contributed by atoms with Crippen molar-refractivity contribution in [1.29, 1.82) is 0 Å². The number of aldehydes is 1. The first kappa shape index (κ1) is 46.6. The van der Waals surface area contributed by atoms with E-state index < -0.39 is 6.04 Å². The molecule has 2 aromatic carbocycles. The Bertz CT molecular complexity index is 1760. The third-order valence-electron chi connectivity index (χ3n) is 11.6. The van der Waals surface area contributed by atoms with Crippen molar-refractivity contribution in [3.05, 3.63) is 83.2 Å². The molecule has 4 heterocycles. The Hall–Kier alpha value is -4.04. The number of ether oxygens (including phenoxy) is 1. The maximum atomic E-state index is 11.2. The topological polar surface area (TPSA) is 90.2 Å². The summed E-state index contributed by atoms with van der Waals surface area (Å²) >= 11 is 0. The average Bonchev–Trinajstić information content (AvgIpc) is 3.23. The molecule has 58 heavy (non-hydrogen) atoms. The minimum absolute atomic E-state index is 0.0227. The average molecular weight is 792 g/mol. The molecule has 0 radical (unpaired) electrons. The smallest absolute Gasteiger partial charge is 0.137 e. The minimum atomic E-state index is -0.487. The second-order valence-electron chi connectivity index (χ2n) is 17.3. The number of pyridine rings is 1. The molecule has 2 unspecified atom stereocenters. The molecule has 3 N–H and O–H groups in total. The first-order chi connectivity index (χ1) is 27.9. The number of aromatic nitrogens is 1. The third-order valence-corrected chi connectivity index (χ3v) is 11.6. The number of carbonyl (C=O) groups is 1. The number of hydrazine groups is 1. The summed E-state index contributed by atoms with van der Waals surface area (Å²) in [5.41, 5.74) is 19.8. The monoisotopic (exact) mass is 792 g/mol. The molecule has 2 atom stereocenters. The van der Waals surface area contributed by atoms with E-state index in [-0.39, 0.29) is 11.3 Å². The molecule has 3 aliphatic rings. The number of piperidine rings is 1. The molecule has 9 heteroatoms. The highest BCUT2D eigenvalue weighted by molar-refractivity contribution is 5.84. The summed E-state index contributed by atoms with van der Waals surface area (Å²) in [6.07, 6.45) is 19.0. The lowest BCUT2D eigenvalue weighted by Gasteiger charge is -2.45. The number of rotatable bonds is 14. The number of allylic oxidation sites excluding steroid dienone is 1. The number of piperazine rings is 1. The molecular formula is C49H73N7O2. The number of nitrogens with one attached hydrogen (secondary N) is 1. The van der Waals surface area contributed by atoms with Crippen molar-refractivity contribution < 1.29 is 9.53 Å². The van der Waals surface area contributed by atoms with E-state index in [1.54, 1.807) is 7.11 Å². The van der Waals surface area contributed by atoms with Crippen molar-refractivity contribution in [2.24, 2.45) is 11.1 Å². The summed E-state index contributed by atoms with van der Waals surface area (Å²) in [4.78, 5) is 24.1. The van der Waals surface area contributed by atoms with Gasteiger partial charge in [0, 0.05) is 76.4 Å². The summed E-state index contributed by atoms with van der Waals surface area (Å²) in [6, 6.07) is 19.8. The van der Waals surface area contributed by atoms with Crippen LogP contribution < -0.4 is 21.0 Å². The molecule has 0 bridgehead atoms. The van der Waals surface area contributed by atoms with Gasteiger partial charge in [0.1, 0.15) is 6.29 Å². The maximum Gasteiger partial charge on any atom is 0.137 e. The van der Waals surface area contributed by atoms with Crippen LogP contribution in [0.1, 0.15) is 103 Å². The fourth-order valence-electron chi connectivity index (χ4n) is 8.85. The van der Waals surface area contributed by atoms with E-state index in [9.17, 15) is 4.79 Å². The highest BCUT2D eigenvalue weighted by atomic mass is 16.5. The first-order valence-electron chi connectivity index (χ1n) is 21.6. The Balaban J connectivity index is 0.000000737. The fraction of sp³-hybridized carbons (Fsp3) is 0.551. The number of nitrogens with two attached hydrogens (primary N) is 1. The second-order valence-corrected chi connectivity index (χ2v) is 17.3. The molecule has 0 amide bonds. The van der Waals surface area contributed by atoms with Crippen LogP contribution in [0.15, 0.2) is 66.4 Å². The van der Waals surface area contributed by atoms with Crippen molar-refractivity contribution in [3.8, 4) is 24.0 Å². The van der Waals surface area contributed by atoms with Crippen LogP contribution in [0.4, 0.5) is 11.4 Å². The summed E-state index contributed by atoms with van der Waals surface area (Å²) in [7, 11) is 3.88. The molecule has 316 valence electrons. The molecule has 3 fully saturated rings. The van der Waals surface area contributed by atoms with Crippen LogP contribution in [0.2, 0.25) is 0 Å². The number of terminal acetylenes is 1. The summed E-state index contributed by atoms with van der Waals surface area (Å²) in [6.45, 7) is 22.0. The van der Waals surface area contributed by atoms with E-state index in [0.717, 1.165) is 73.5 Å². The summed E-state index contributed by atoms with van der Waals surface area (Å²) in [5, 5.41) is 2.14. The molecule has 6 rings (SSSR count). The Kier molecular flexibility index (Phi) is 18.4. The molecule has 9 nitrogen and oxygen atoms in total. The number of fused-ring (bicyclic) bond motifs is 1. The van der Waals surface area contributed by atoms with Crippen LogP contribution in [-0.2, 0) is 16.0 Å². The molecule has 0 aliphatic carbocycles. The maximum absolute atomic E-state index is 11.2. The van der Waals surface area contributed by atoms with Crippen LogP contribution in [0.3, 0.4) is 0 Å². The van der Waals surface area contributed by atoms with E-state index >= 15 is 0 Å². The van der Waals surface area contributed by atoms with E-state index in [2.05, 4.69) is 135 Å². The van der Waals surface area contributed by atoms with Crippen molar-refractivity contribution in [2.75, 3.05) is 76.4 Å². The molecule has 3 aromatic rings. The Morgan fingerprint density at radius 3 is 2.40 bits per heavy atom. The second kappa shape index (κ2) is 22.9. The lowest BCUT2D eigenvalue weighted by Crippen LogP contribution is -2.54. The van der Waals surface area contributed by atoms with E-state index in [1.807, 2.05) is 12.1 Å². The normalized spacial score (nSPS) is 18.5. The lowest BCUT2D eigenvalue weighted by molar-refractivity contribution is -0.108. The van der Waals surface area contributed by atoms with Gasteiger partial charge in [0.25, 0.3) is 0 Å². The number of carbonyl (C=O) groups excluding carboxylic acids is 1. The largest absolute Gasteiger partial charge is 0.384 e. The predicted molar refractivity (Wildman–Crippen MR) is 245 cm³/mol. The van der Waals surface area contributed by atoms with Gasteiger partial charge in [-0.3, -0.25) is 15.3 Å². The predicted octanol–water partition coefficient (Wildman–Crippen LogP) is 8.40. The van der Waals surface area contributed by atoms with Crippen LogP contribution >= 0.6 is 0 Å². The van der Waals surface area contributed by atoms with E-state index in [1.165, 1.54) is 67.7 Å². The van der Waals surface area contributed by atoms with Gasteiger partial charge in [-0.25, -0.2) is 5.01 Å². The van der Waals surface area contributed by atoms with Crippen molar-refractivity contribution >= 4 is 23.4 Å². The quantitative estimate of drug-likeness (QED) is 0.124. The van der Waals surface area contributed by atoms with Crippen molar-refractivity contribution in [3.63, 3.8) is 0 Å². The molecule has 3 aliphatic heterocycles. The molecule has 0 saturated carbocycles. The van der Waals surface area contributed by atoms with Gasteiger partial charge < -0.3 is 25.1 Å². The van der Waals surface area contributed by atoms with Crippen LogP contribution in [0, 0.1) is 18.3 Å². The fourth-order valence-corrected chi connectivity index (χ4v) is 8.85. The van der Waals surface area contributed by atoms with Gasteiger partial charge in [0.15, 0.2) is 0 Å². The number of methoxy groups -OCH3 is 1. The first-order valence-corrected chi connectivity index (χ1v) is 21.6. The SMILES string of the molecule is C#C.CCN(/C(=C(\C)CC(C)(C)COC)c1cc(N2CCN3CCCCC3C2)cnc1C(C)C)c1ccc(-c2cccc(CC(N)C=O)c2)cc1.CN1CCCCN1. The number of benzene rings is 2. The van der Waals surface area contributed by atoms with Gasteiger partial charge >= 0.3 is 0 Å². The zero-order valence-electron chi connectivity index (χ0n) is 37.0. The number of hydrogen-bond acceptors (Lipinski definition) is 9. The zero-order valence-corrected chi connectivity index (χ0v) is 37.0. The standard InChI is InChI=1S/C42H59N5O2.C5H12N2.C2H2/c1-8-47(36-17-15-33(16-18-36)34-13-11-12-32(22-34)23-35(43)28-48)41(31(4)25-42(5,6)29-49-7)39-24-38(26-44-40(39)30(2)3)46-21-20-45-19-10-9-14-37(45)27-46;1-7-5-3-2-4-6-7;1-2/h11-13,15-18,22,24,26,28,30,35,37H,8-10,14,19-21,23,25,27,29,43H2,1-7H3;6H,2-5H2,1H3;1-2H/b41-31+;;. The third kappa shape index (κ3) is 13.0. The molecule has 1 aromatic heterocycles. The van der Waals surface area contributed by atoms with Crippen LogP contribution in [0.5, 0.6) is 0 Å². The van der Waals surface area contributed by atoms with Gasteiger partial charge in [0.05, 0.1) is 30.2 Å². The zero-order chi connectivity index (χ0) is 42.2. The van der Waals surface area contributed by atoms with Crippen LogP contribution in [0.25, 0.3) is 16.8 Å². The van der Waals surface area contributed by atoms with Crippen molar-refractivity contribution in [2.45, 2.75) is 104 Å². The van der Waals surface area contributed by atoms with Gasteiger partial charge in [-0.15, -0.1) is 12.8 Å². The lowest BCUT2D eigenvalue weighted by atomic mass is 9.84. The van der Waals surface area contributed by atoms with Crippen LogP contribution in [-0.4, -0.2) is 99.8 Å². The summed E-state index contributed by atoms with van der Waals surface area (Å²) in [5.74, 6) is 0.273. The van der Waals surface area contributed by atoms with Gasteiger partial charge in [-0.2, -0.15) is 0 Å². The highest BCUT2D eigenvalue weighted by Crippen LogP contribution is 2.39. The van der Waals surface area contributed by atoms with Gasteiger partial charge in [-0.1, -0.05) is 70.5 Å². The highest BCUT2D eigenvalue weighted by Gasteiger charge is 2.31. The van der Waals surface area contributed by atoms with Gasteiger partial charge in [-0.05, 0) is 111 Å². The Morgan fingerprint density at radius 2 is 1.78 bits per heavy atom. The Labute approximate surface area is 351 Å². The summed E-state index contributed by atoms with van der Waals surface area (Å²) < 4.78 is 5.68. The minimum Gasteiger partial charge on any atom is -0.384 e. The van der Waals surface area contributed by atoms with Gasteiger partial charge in [0.2, 0.25) is 0 Å².